The Labute approximate surface area is 117 Å². The van der Waals surface area contributed by atoms with Crippen LogP contribution in [0.15, 0.2) is 47.1 Å². The van der Waals surface area contributed by atoms with Crippen molar-refractivity contribution in [3.05, 3.63) is 59.5 Å². The molecule has 0 aliphatic carbocycles. The van der Waals surface area contributed by atoms with Crippen LogP contribution in [0.2, 0.25) is 0 Å². The zero-order valence-corrected chi connectivity index (χ0v) is 11.2. The zero-order valence-electron chi connectivity index (χ0n) is 11.2. The van der Waals surface area contributed by atoms with E-state index in [9.17, 15) is 9.90 Å². The summed E-state index contributed by atoms with van der Waals surface area (Å²) < 4.78 is 9.74. The lowest BCUT2D eigenvalue weighted by atomic mass is 10.1. The van der Waals surface area contributed by atoms with Crippen molar-refractivity contribution >= 4 is 5.97 Å². The number of carbonyl (C=O) groups excluding carboxylic acids is 1. The van der Waals surface area contributed by atoms with Gasteiger partial charge in [-0.15, -0.1) is 0 Å². The number of esters is 1. The average Bonchev–Trinajstić information content (AvgIpc) is 3.01. The molecule has 0 saturated heterocycles. The van der Waals surface area contributed by atoms with Crippen molar-refractivity contribution in [1.82, 2.24) is 5.32 Å². The first kappa shape index (κ1) is 14.3. The number of aliphatic hydroxyl groups excluding tert-OH is 1. The van der Waals surface area contributed by atoms with Crippen LogP contribution in [-0.2, 0) is 11.3 Å². The molecule has 0 fully saturated rings. The number of rotatable bonds is 6. The van der Waals surface area contributed by atoms with Gasteiger partial charge < -0.3 is 19.6 Å². The largest absolute Gasteiger partial charge is 0.467 e. The fourth-order valence-electron chi connectivity index (χ4n) is 1.81. The molecule has 0 radical (unpaired) electrons. The molecular formula is C15H17NO4. The third-order valence-corrected chi connectivity index (χ3v) is 2.91. The van der Waals surface area contributed by atoms with Crippen molar-refractivity contribution in [2.45, 2.75) is 12.6 Å². The van der Waals surface area contributed by atoms with E-state index in [1.807, 2.05) is 12.1 Å². The van der Waals surface area contributed by atoms with E-state index in [0.717, 1.165) is 5.56 Å². The third-order valence-electron chi connectivity index (χ3n) is 2.91. The fourth-order valence-corrected chi connectivity index (χ4v) is 1.81. The molecule has 20 heavy (non-hydrogen) atoms. The predicted octanol–water partition coefficient (Wildman–Crippen LogP) is 1.89. The summed E-state index contributed by atoms with van der Waals surface area (Å²) in [6.45, 7) is 0.992. The number of hydrogen-bond acceptors (Lipinski definition) is 5. The molecule has 0 aliphatic heterocycles. The molecule has 2 aromatic rings. The molecule has 1 aromatic heterocycles. The summed E-state index contributed by atoms with van der Waals surface area (Å²) in [6, 6.07) is 10.6. The maximum Gasteiger partial charge on any atom is 0.337 e. The van der Waals surface area contributed by atoms with Crippen LogP contribution in [0.5, 0.6) is 0 Å². The quantitative estimate of drug-likeness (QED) is 0.788. The maximum atomic E-state index is 11.3. The van der Waals surface area contributed by atoms with Crippen molar-refractivity contribution < 1.29 is 19.1 Å². The Balaban J connectivity index is 1.81. The highest BCUT2D eigenvalue weighted by Crippen LogP contribution is 2.12. The van der Waals surface area contributed by atoms with Crippen LogP contribution >= 0.6 is 0 Å². The molecule has 2 N–H and O–H groups in total. The molecule has 0 bridgehead atoms. The van der Waals surface area contributed by atoms with Gasteiger partial charge in [-0.2, -0.15) is 0 Å². The van der Waals surface area contributed by atoms with Gasteiger partial charge in [-0.25, -0.2) is 4.79 Å². The second-order valence-corrected chi connectivity index (χ2v) is 4.35. The molecule has 1 heterocycles. The first-order chi connectivity index (χ1) is 9.70. The Kier molecular flexibility index (Phi) is 4.92. The summed E-state index contributed by atoms with van der Waals surface area (Å²) in [4.78, 5) is 11.3. The summed E-state index contributed by atoms with van der Waals surface area (Å²) in [6.07, 6.45) is 0.865. The lowest BCUT2D eigenvalue weighted by Gasteiger charge is -2.09. The number of hydrogen-bond donors (Lipinski definition) is 2. The van der Waals surface area contributed by atoms with Gasteiger partial charge in [0.25, 0.3) is 0 Å². The minimum atomic E-state index is -0.667. The number of aliphatic hydroxyl groups is 1. The van der Waals surface area contributed by atoms with Gasteiger partial charge in [-0.3, -0.25) is 0 Å². The lowest BCUT2D eigenvalue weighted by molar-refractivity contribution is 0.0600. The van der Waals surface area contributed by atoms with E-state index in [1.54, 1.807) is 24.3 Å². The summed E-state index contributed by atoms with van der Waals surface area (Å²) in [5.41, 5.74) is 1.54. The Hall–Kier alpha value is -2.11. The lowest BCUT2D eigenvalue weighted by Crippen LogP contribution is -2.20. The molecule has 5 nitrogen and oxygen atoms in total. The topological polar surface area (TPSA) is 71.7 Å². The van der Waals surface area contributed by atoms with Crippen LogP contribution < -0.4 is 5.32 Å². The van der Waals surface area contributed by atoms with E-state index in [4.69, 9.17) is 4.42 Å². The van der Waals surface area contributed by atoms with E-state index in [0.29, 0.717) is 24.4 Å². The van der Waals surface area contributed by atoms with E-state index >= 15 is 0 Å². The average molecular weight is 275 g/mol. The molecule has 1 aromatic carbocycles. The number of benzene rings is 1. The molecule has 5 heteroatoms. The summed E-state index contributed by atoms with van der Waals surface area (Å²) in [5, 5.41) is 12.9. The Bertz CT molecular complexity index is 534. The summed E-state index contributed by atoms with van der Waals surface area (Å²) >= 11 is 0. The molecule has 1 atom stereocenters. The van der Waals surface area contributed by atoms with Crippen LogP contribution in [0.25, 0.3) is 0 Å². The van der Waals surface area contributed by atoms with Crippen molar-refractivity contribution in [2.24, 2.45) is 0 Å². The van der Waals surface area contributed by atoms with E-state index in [1.165, 1.54) is 13.4 Å². The van der Waals surface area contributed by atoms with E-state index < -0.39 is 6.10 Å². The number of ether oxygens (including phenoxy) is 1. The highest BCUT2D eigenvalue weighted by Gasteiger charge is 2.09. The highest BCUT2D eigenvalue weighted by atomic mass is 16.5. The number of methoxy groups -OCH3 is 1. The van der Waals surface area contributed by atoms with Crippen molar-refractivity contribution in [2.75, 3.05) is 13.7 Å². The molecule has 0 spiro atoms. The van der Waals surface area contributed by atoms with Crippen LogP contribution in [0.1, 0.15) is 27.8 Å². The van der Waals surface area contributed by atoms with Crippen molar-refractivity contribution in [3.63, 3.8) is 0 Å². The Morgan fingerprint density at radius 2 is 2.10 bits per heavy atom. The van der Waals surface area contributed by atoms with Gasteiger partial charge in [-0.1, -0.05) is 12.1 Å². The van der Waals surface area contributed by atoms with Crippen LogP contribution in [0.4, 0.5) is 0 Å². The van der Waals surface area contributed by atoms with Gasteiger partial charge in [0.2, 0.25) is 0 Å². The zero-order chi connectivity index (χ0) is 14.4. The fraction of sp³-hybridized carbons (Fsp3) is 0.267. The molecule has 2 rings (SSSR count). The first-order valence-electron chi connectivity index (χ1n) is 6.30. The van der Waals surface area contributed by atoms with Gasteiger partial charge in [0.15, 0.2) is 0 Å². The molecular weight excluding hydrogens is 258 g/mol. The predicted molar refractivity (Wildman–Crippen MR) is 73.2 cm³/mol. The van der Waals surface area contributed by atoms with Gasteiger partial charge in [0.1, 0.15) is 11.9 Å². The van der Waals surface area contributed by atoms with Gasteiger partial charge in [0, 0.05) is 13.1 Å². The van der Waals surface area contributed by atoms with Gasteiger partial charge in [-0.05, 0) is 29.8 Å². The van der Waals surface area contributed by atoms with Crippen LogP contribution in [-0.4, -0.2) is 24.7 Å². The van der Waals surface area contributed by atoms with E-state index in [-0.39, 0.29) is 5.97 Å². The Morgan fingerprint density at radius 3 is 2.70 bits per heavy atom. The molecule has 106 valence electrons. The van der Waals surface area contributed by atoms with Crippen molar-refractivity contribution in [1.29, 1.82) is 0 Å². The number of nitrogens with one attached hydrogen (secondary N) is 1. The van der Waals surface area contributed by atoms with Gasteiger partial charge in [0.05, 0.1) is 18.9 Å². The van der Waals surface area contributed by atoms with Crippen LogP contribution in [0, 0.1) is 0 Å². The van der Waals surface area contributed by atoms with Crippen LogP contribution in [0.3, 0.4) is 0 Å². The molecule has 1 unspecified atom stereocenters. The molecule has 0 aliphatic rings. The van der Waals surface area contributed by atoms with E-state index in [2.05, 4.69) is 10.1 Å². The minimum absolute atomic E-state index is 0.349. The second kappa shape index (κ2) is 6.88. The normalized spacial score (nSPS) is 12.1. The Morgan fingerprint density at radius 1 is 1.35 bits per heavy atom. The third kappa shape index (κ3) is 3.69. The molecule has 0 amide bonds. The first-order valence-corrected chi connectivity index (χ1v) is 6.30. The smallest absolute Gasteiger partial charge is 0.337 e. The molecule has 0 saturated carbocycles. The van der Waals surface area contributed by atoms with Gasteiger partial charge >= 0.3 is 5.97 Å². The number of carbonyl (C=O) groups is 1. The standard InChI is InChI=1S/C15H17NO4/c1-19-15(18)12-6-4-11(5-7-12)9-16-10-13(17)14-3-2-8-20-14/h2-8,13,16-17H,9-10H2,1H3. The second-order valence-electron chi connectivity index (χ2n) is 4.35. The van der Waals surface area contributed by atoms with Crippen molar-refractivity contribution in [3.8, 4) is 0 Å². The highest BCUT2D eigenvalue weighted by molar-refractivity contribution is 5.89. The maximum absolute atomic E-state index is 11.3. The summed E-state index contributed by atoms with van der Waals surface area (Å²) in [5.74, 6) is 0.191. The number of furan rings is 1. The monoisotopic (exact) mass is 275 g/mol. The minimum Gasteiger partial charge on any atom is -0.467 e. The summed E-state index contributed by atoms with van der Waals surface area (Å²) in [7, 11) is 1.35. The SMILES string of the molecule is COC(=O)c1ccc(CNCC(O)c2ccco2)cc1.